The third-order valence-corrected chi connectivity index (χ3v) is 4.14. The fourth-order valence-electron chi connectivity index (χ4n) is 2.35. The highest BCUT2D eigenvalue weighted by atomic mass is 79.9. The molecular weight excluding hydrogens is 302 g/mol. The summed E-state index contributed by atoms with van der Waals surface area (Å²) in [5.41, 5.74) is 2.53. The highest BCUT2D eigenvalue weighted by Crippen LogP contribution is 2.39. The van der Waals surface area contributed by atoms with E-state index in [1.54, 1.807) is 0 Å². The lowest BCUT2D eigenvalue weighted by atomic mass is 10.0. The first-order valence-electron chi connectivity index (χ1n) is 6.80. The van der Waals surface area contributed by atoms with E-state index in [0.717, 1.165) is 22.5 Å². The van der Waals surface area contributed by atoms with Crippen molar-refractivity contribution in [2.75, 3.05) is 0 Å². The van der Waals surface area contributed by atoms with E-state index in [1.165, 1.54) is 18.4 Å². The molecule has 0 N–H and O–H groups in total. The molecule has 3 rings (SSSR count). The van der Waals surface area contributed by atoms with Gasteiger partial charge in [-0.25, -0.2) is 0 Å². The van der Waals surface area contributed by atoms with Crippen LogP contribution in [0.4, 0.5) is 0 Å². The lowest BCUT2D eigenvalue weighted by Crippen LogP contribution is -2.01. The molecule has 0 bridgehead atoms. The van der Waals surface area contributed by atoms with E-state index >= 15 is 0 Å². The molecule has 0 saturated heterocycles. The maximum absolute atomic E-state index is 4.38. The number of alkyl halides is 1. The molecule has 0 unspecified atom stereocenters. The summed E-state index contributed by atoms with van der Waals surface area (Å²) in [5, 5.41) is 9.44. The second kappa shape index (κ2) is 5.08. The molecule has 1 heterocycles. The van der Waals surface area contributed by atoms with Crippen LogP contribution in [0.3, 0.4) is 0 Å². The van der Waals surface area contributed by atoms with Gasteiger partial charge in [0.05, 0.1) is 5.33 Å². The van der Waals surface area contributed by atoms with Gasteiger partial charge < -0.3 is 4.57 Å². The Hall–Kier alpha value is -1.16. The predicted octanol–water partition coefficient (Wildman–Crippen LogP) is 4.30. The second-order valence-electron chi connectivity index (χ2n) is 5.45. The van der Waals surface area contributed by atoms with Crippen molar-refractivity contribution in [3.05, 3.63) is 35.7 Å². The molecule has 0 radical (unpaired) electrons. The average Bonchev–Trinajstić information content (AvgIpc) is 3.17. The zero-order valence-electron chi connectivity index (χ0n) is 11.3. The summed E-state index contributed by atoms with van der Waals surface area (Å²) in [4.78, 5) is 0. The van der Waals surface area contributed by atoms with Crippen molar-refractivity contribution in [3.8, 4) is 11.4 Å². The van der Waals surface area contributed by atoms with Gasteiger partial charge in [0.15, 0.2) is 5.82 Å². The lowest BCUT2D eigenvalue weighted by Gasteiger charge is -2.09. The predicted molar refractivity (Wildman–Crippen MR) is 80.4 cm³/mol. The summed E-state index contributed by atoms with van der Waals surface area (Å²) in [6.45, 7) is 4.43. The molecule has 1 aromatic carbocycles. The van der Waals surface area contributed by atoms with Crippen LogP contribution in [-0.2, 0) is 5.33 Å². The summed E-state index contributed by atoms with van der Waals surface area (Å²) in [7, 11) is 0. The van der Waals surface area contributed by atoms with Gasteiger partial charge in [-0.05, 0) is 24.3 Å². The van der Waals surface area contributed by atoms with Gasteiger partial charge in [0.2, 0.25) is 0 Å². The molecule has 0 atom stereocenters. The van der Waals surface area contributed by atoms with Crippen molar-refractivity contribution < 1.29 is 0 Å². The Bertz CT molecular complexity index is 568. The minimum Gasteiger partial charge on any atom is -0.307 e. The van der Waals surface area contributed by atoms with E-state index in [0.29, 0.717) is 12.0 Å². The van der Waals surface area contributed by atoms with E-state index in [9.17, 15) is 0 Å². The van der Waals surface area contributed by atoms with Crippen LogP contribution in [0.25, 0.3) is 11.4 Å². The van der Waals surface area contributed by atoms with Crippen LogP contribution in [0.5, 0.6) is 0 Å². The molecule has 2 aromatic rings. The van der Waals surface area contributed by atoms with Crippen molar-refractivity contribution in [2.45, 2.75) is 44.0 Å². The van der Waals surface area contributed by atoms with Crippen LogP contribution < -0.4 is 0 Å². The van der Waals surface area contributed by atoms with Crippen LogP contribution in [0.1, 0.15) is 50.0 Å². The first-order valence-corrected chi connectivity index (χ1v) is 7.93. The topological polar surface area (TPSA) is 30.7 Å². The molecule has 1 aliphatic carbocycles. The van der Waals surface area contributed by atoms with E-state index < -0.39 is 0 Å². The molecule has 1 aromatic heterocycles. The zero-order chi connectivity index (χ0) is 13.4. The van der Waals surface area contributed by atoms with Crippen LogP contribution in [-0.4, -0.2) is 14.8 Å². The highest BCUT2D eigenvalue weighted by Gasteiger charge is 2.29. The molecule has 4 heteroatoms. The standard InChI is InChI=1S/C15H18BrN3/c1-10(2)11-3-5-12(6-4-11)15-18-17-14(9-16)19(15)13-7-8-13/h3-6,10,13H,7-9H2,1-2H3. The highest BCUT2D eigenvalue weighted by molar-refractivity contribution is 9.08. The smallest absolute Gasteiger partial charge is 0.164 e. The number of hydrogen-bond donors (Lipinski definition) is 0. The number of rotatable bonds is 4. The normalized spacial score (nSPS) is 15.2. The lowest BCUT2D eigenvalue weighted by molar-refractivity contribution is 0.714. The Morgan fingerprint density at radius 2 is 1.89 bits per heavy atom. The van der Waals surface area contributed by atoms with E-state index in [2.05, 4.69) is 68.8 Å². The van der Waals surface area contributed by atoms with Crippen molar-refractivity contribution in [2.24, 2.45) is 0 Å². The van der Waals surface area contributed by atoms with Crippen LogP contribution >= 0.6 is 15.9 Å². The van der Waals surface area contributed by atoms with Crippen LogP contribution in [0.2, 0.25) is 0 Å². The van der Waals surface area contributed by atoms with E-state index in [-0.39, 0.29) is 0 Å². The molecule has 19 heavy (non-hydrogen) atoms. The Morgan fingerprint density at radius 1 is 1.21 bits per heavy atom. The molecular formula is C15H18BrN3. The Kier molecular flexibility index (Phi) is 3.44. The van der Waals surface area contributed by atoms with Crippen molar-refractivity contribution in [1.29, 1.82) is 0 Å². The summed E-state index contributed by atoms with van der Waals surface area (Å²) in [5.74, 6) is 2.60. The number of aromatic nitrogens is 3. The fourth-order valence-corrected chi connectivity index (χ4v) is 2.73. The first-order chi connectivity index (χ1) is 9.20. The number of benzene rings is 1. The quantitative estimate of drug-likeness (QED) is 0.787. The zero-order valence-corrected chi connectivity index (χ0v) is 12.9. The third kappa shape index (κ3) is 2.46. The van der Waals surface area contributed by atoms with E-state index in [1.807, 2.05) is 0 Å². The molecule has 1 aliphatic rings. The van der Waals surface area contributed by atoms with Gasteiger partial charge in [0, 0.05) is 11.6 Å². The van der Waals surface area contributed by atoms with Gasteiger partial charge in [-0.1, -0.05) is 54.0 Å². The van der Waals surface area contributed by atoms with Gasteiger partial charge in [-0.3, -0.25) is 0 Å². The minimum absolute atomic E-state index is 0.563. The molecule has 3 nitrogen and oxygen atoms in total. The van der Waals surface area contributed by atoms with Crippen molar-refractivity contribution in [1.82, 2.24) is 14.8 Å². The minimum atomic E-state index is 0.563. The van der Waals surface area contributed by atoms with Crippen molar-refractivity contribution >= 4 is 15.9 Å². The summed E-state index contributed by atoms with van der Waals surface area (Å²) in [6, 6.07) is 9.31. The summed E-state index contributed by atoms with van der Waals surface area (Å²) < 4.78 is 2.29. The molecule has 0 spiro atoms. The Labute approximate surface area is 122 Å². The number of hydrogen-bond acceptors (Lipinski definition) is 2. The van der Waals surface area contributed by atoms with Gasteiger partial charge in [-0.2, -0.15) is 0 Å². The van der Waals surface area contributed by atoms with Gasteiger partial charge in [0.25, 0.3) is 0 Å². The molecule has 0 amide bonds. The van der Waals surface area contributed by atoms with Gasteiger partial charge in [0.1, 0.15) is 5.82 Å². The van der Waals surface area contributed by atoms with Gasteiger partial charge in [-0.15, -0.1) is 10.2 Å². The maximum Gasteiger partial charge on any atom is 0.164 e. The number of nitrogens with zero attached hydrogens (tertiary/aromatic N) is 3. The summed E-state index contributed by atoms with van der Waals surface area (Å²) in [6.07, 6.45) is 2.49. The second-order valence-corrected chi connectivity index (χ2v) is 6.01. The molecule has 100 valence electrons. The van der Waals surface area contributed by atoms with E-state index in [4.69, 9.17) is 0 Å². The first kappa shape index (κ1) is 12.9. The molecule has 0 aliphatic heterocycles. The van der Waals surface area contributed by atoms with Crippen LogP contribution in [0.15, 0.2) is 24.3 Å². The largest absolute Gasteiger partial charge is 0.307 e. The van der Waals surface area contributed by atoms with Crippen LogP contribution in [0, 0.1) is 0 Å². The Balaban J connectivity index is 1.99. The molecule has 1 saturated carbocycles. The SMILES string of the molecule is CC(C)c1ccc(-c2nnc(CBr)n2C2CC2)cc1. The summed E-state index contributed by atoms with van der Waals surface area (Å²) >= 11 is 3.50. The Morgan fingerprint density at radius 3 is 2.42 bits per heavy atom. The third-order valence-electron chi connectivity index (χ3n) is 3.63. The number of halogens is 1. The monoisotopic (exact) mass is 319 g/mol. The molecule has 1 fully saturated rings. The fraction of sp³-hybridized carbons (Fsp3) is 0.467. The van der Waals surface area contributed by atoms with Gasteiger partial charge >= 0.3 is 0 Å². The maximum atomic E-state index is 4.38. The average molecular weight is 320 g/mol. The van der Waals surface area contributed by atoms with Crippen molar-refractivity contribution in [3.63, 3.8) is 0 Å².